The van der Waals surface area contributed by atoms with Crippen LogP contribution in [0.2, 0.25) is 0 Å². The molecule has 1 aromatic rings. The summed E-state index contributed by atoms with van der Waals surface area (Å²) in [6.45, 7) is 5.66. The molecule has 0 aromatic heterocycles. The number of rotatable bonds is 2. The smallest absolute Gasteiger partial charge is 0.402 e. The van der Waals surface area contributed by atoms with Gasteiger partial charge in [-0.05, 0) is 26.2 Å². The van der Waals surface area contributed by atoms with Gasteiger partial charge in [0.25, 0.3) is 6.43 Å². The van der Waals surface area contributed by atoms with E-state index in [-0.39, 0.29) is 11.7 Å². The Morgan fingerprint density at radius 2 is 1.94 bits per heavy atom. The Labute approximate surface area is 100 Å². The summed E-state index contributed by atoms with van der Waals surface area (Å²) >= 11 is 0. The van der Waals surface area contributed by atoms with Crippen LogP contribution in [0.15, 0.2) is 24.3 Å². The molecule has 1 aliphatic rings. The van der Waals surface area contributed by atoms with Crippen molar-refractivity contribution >= 4 is 12.6 Å². The molecule has 0 radical (unpaired) electrons. The molecule has 0 aliphatic carbocycles. The van der Waals surface area contributed by atoms with Gasteiger partial charge in [-0.3, -0.25) is 0 Å². The van der Waals surface area contributed by atoms with Crippen LogP contribution in [0.3, 0.4) is 0 Å². The third-order valence-electron chi connectivity index (χ3n) is 3.20. The van der Waals surface area contributed by atoms with Crippen LogP contribution in [-0.2, 0) is 9.31 Å². The second-order valence-corrected chi connectivity index (χ2v) is 4.76. The highest BCUT2D eigenvalue weighted by Crippen LogP contribution is 2.28. The van der Waals surface area contributed by atoms with Gasteiger partial charge in [0, 0.05) is 5.56 Å². The Morgan fingerprint density at radius 1 is 1.29 bits per heavy atom. The molecule has 0 N–H and O–H groups in total. The summed E-state index contributed by atoms with van der Waals surface area (Å²) in [6.07, 6.45) is -2.64. The summed E-state index contributed by atoms with van der Waals surface area (Å²) < 4.78 is 37.0. The lowest BCUT2D eigenvalue weighted by atomic mass is 9.76. The topological polar surface area (TPSA) is 18.5 Å². The van der Waals surface area contributed by atoms with Gasteiger partial charge in [0.15, 0.2) is 0 Å². The van der Waals surface area contributed by atoms with Crippen LogP contribution in [0.5, 0.6) is 0 Å². The van der Waals surface area contributed by atoms with Gasteiger partial charge in [-0.15, -0.1) is 0 Å². The number of hydrogen-bond donors (Lipinski definition) is 0. The molecule has 1 aliphatic heterocycles. The highest BCUT2D eigenvalue weighted by atomic mass is 19.3. The maximum absolute atomic E-state index is 12.9. The van der Waals surface area contributed by atoms with E-state index in [1.165, 1.54) is 6.07 Å². The molecule has 1 atom stereocenters. The van der Waals surface area contributed by atoms with Crippen LogP contribution < -0.4 is 5.46 Å². The zero-order valence-corrected chi connectivity index (χ0v) is 10.1. The van der Waals surface area contributed by atoms with Crippen molar-refractivity contribution in [2.75, 3.05) is 0 Å². The molecule has 0 saturated carbocycles. The normalized spacial score (nSPS) is 23.4. The quantitative estimate of drug-likeness (QED) is 0.739. The van der Waals surface area contributed by atoms with Crippen LogP contribution in [0.25, 0.3) is 0 Å². The first kappa shape index (κ1) is 12.5. The van der Waals surface area contributed by atoms with E-state index in [2.05, 4.69) is 0 Å². The number of benzene rings is 1. The van der Waals surface area contributed by atoms with Gasteiger partial charge < -0.3 is 9.31 Å². The molecule has 1 fully saturated rings. The SMILES string of the molecule is CC1OB(c2ccccc2C(F)F)OC1(C)C. The summed E-state index contributed by atoms with van der Waals surface area (Å²) in [5.41, 5.74) is -0.0674. The van der Waals surface area contributed by atoms with Crippen LogP contribution in [0.4, 0.5) is 8.78 Å². The lowest BCUT2D eigenvalue weighted by Gasteiger charge is -2.21. The molecule has 1 saturated heterocycles. The average molecular weight is 240 g/mol. The van der Waals surface area contributed by atoms with Crippen molar-refractivity contribution in [3.63, 3.8) is 0 Å². The van der Waals surface area contributed by atoms with Gasteiger partial charge in [-0.25, -0.2) is 8.78 Å². The molecular formula is C12H15BF2O2. The molecular weight excluding hydrogens is 225 g/mol. The zero-order chi connectivity index (χ0) is 12.6. The third-order valence-corrected chi connectivity index (χ3v) is 3.20. The Hall–Kier alpha value is -0.935. The van der Waals surface area contributed by atoms with Crippen molar-refractivity contribution in [2.24, 2.45) is 0 Å². The highest BCUT2D eigenvalue weighted by Gasteiger charge is 2.45. The summed E-state index contributed by atoms with van der Waals surface area (Å²) in [6, 6.07) is 6.33. The van der Waals surface area contributed by atoms with Crippen LogP contribution in [0.1, 0.15) is 32.8 Å². The summed E-state index contributed by atoms with van der Waals surface area (Å²) in [5, 5.41) is 0. The second kappa shape index (κ2) is 4.39. The minimum absolute atomic E-state index is 0.0256. The molecule has 17 heavy (non-hydrogen) atoms. The van der Waals surface area contributed by atoms with Crippen LogP contribution >= 0.6 is 0 Å². The fraction of sp³-hybridized carbons (Fsp3) is 0.500. The highest BCUT2D eigenvalue weighted by molar-refractivity contribution is 6.62. The van der Waals surface area contributed by atoms with Crippen molar-refractivity contribution < 1.29 is 18.1 Å². The van der Waals surface area contributed by atoms with Crippen molar-refractivity contribution in [2.45, 2.75) is 38.9 Å². The van der Waals surface area contributed by atoms with Gasteiger partial charge in [0.1, 0.15) is 0 Å². The Morgan fingerprint density at radius 3 is 2.47 bits per heavy atom. The summed E-state index contributed by atoms with van der Waals surface area (Å²) in [7, 11) is -0.704. The number of halogens is 2. The molecule has 0 amide bonds. The standard InChI is InChI=1S/C12H15BF2O2/c1-8-12(2,3)17-13(16-8)10-7-5-4-6-9(10)11(14)15/h4-8,11H,1-3H3. The first-order chi connectivity index (χ1) is 7.92. The minimum Gasteiger partial charge on any atom is -0.402 e. The molecule has 0 spiro atoms. The summed E-state index contributed by atoms with van der Waals surface area (Å²) in [4.78, 5) is 0. The van der Waals surface area contributed by atoms with Crippen molar-refractivity contribution in [1.82, 2.24) is 0 Å². The maximum Gasteiger partial charge on any atom is 0.495 e. The minimum atomic E-state index is -2.52. The summed E-state index contributed by atoms with van der Waals surface area (Å²) in [5.74, 6) is 0. The van der Waals surface area contributed by atoms with E-state index < -0.39 is 19.1 Å². The molecule has 92 valence electrons. The fourth-order valence-electron chi connectivity index (χ4n) is 1.81. The van der Waals surface area contributed by atoms with E-state index in [0.717, 1.165) is 0 Å². The Kier molecular flexibility index (Phi) is 3.23. The first-order valence-corrected chi connectivity index (χ1v) is 5.62. The van der Waals surface area contributed by atoms with E-state index in [4.69, 9.17) is 9.31 Å². The largest absolute Gasteiger partial charge is 0.495 e. The van der Waals surface area contributed by atoms with Crippen LogP contribution in [-0.4, -0.2) is 18.8 Å². The lowest BCUT2D eigenvalue weighted by Crippen LogP contribution is -2.37. The van der Waals surface area contributed by atoms with E-state index in [9.17, 15) is 8.78 Å². The molecule has 1 heterocycles. The van der Waals surface area contributed by atoms with E-state index in [0.29, 0.717) is 5.46 Å². The third kappa shape index (κ3) is 2.35. The Bertz CT molecular complexity index is 409. The second-order valence-electron chi connectivity index (χ2n) is 4.76. The van der Waals surface area contributed by atoms with E-state index in [1.54, 1.807) is 18.2 Å². The van der Waals surface area contributed by atoms with Gasteiger partial charge in [-0.2, -0.15) is 0 Å². The number of alkyl halides is 2. The van der Waals surface area contributed by atoms with Gasteiger partial charge in [-0.1, -0.05) is 24.3 Å². The van der Waals surface area contributed by atoms with Gasteiger partial charge in [0.05, 0.1) is 11.7 Å². The monoisotopic (exact) mass is 240 g/mol. The van der Waals surface area contributed by atoms with E-state index in [1.807, 2.05) is 20.8 Å². The Balaban J connectivity index is 2.30. The van der Waals surface area contributed by atoms with Crippen molar-refractivity contribution in [3.8, 4) is 0 Å². The molecule has 1 aromatic carbocycles. The molecule has 1 unspecified atom stereocenters. The van der Waals surface area contributed by atoms with Gasteiger partial charge >= 0.3 is 7.12 Å². The van der Waals surface area contributed by atoms with Gasteiger partial charge in [0.2, 0.25) is 0 Å². The zero-order valence-electron chi connectivity index (χ0n) is 10.1. The predicted octanol–water partition coefficient (Wildman–Crippen LogP) is 2.53. The predicted molar refractivity (Wildman–Crippen MR) is 62.5 cm³/mol. The fourth-order valence-corrected chi connectivity index (χ4v) is 1.81. The van der Waals surface area contributed by atoms with Crippen molar-refractivity contribution in [1.29, 1.82) is 0 Å². The molecule has 0 bridgehead atoms. The first-order valence-electron chi connectivity index (χ1n) is 5.62. The lowest BCUT2D eigenvalue weighted by molar-refractivity contribution is 0.0842. The molecule has 5 heteroatoms. The van der Waals surface area contributed by atoms with Crippen LogP contribution in [0, 0.1) is 0 Å². The average Bonchev–Trinajstić information content (AvgIpc) is 2.53. The van der Waals surface area contributed by atoms with E-state index >= 15 is 0 Å². The maximum atomic E-state index is 12.9. The molecule has 2 nitrogen and oxygen atoms in total. The van der Waals surface area contributed by atoms with Crippen molar-refractivity contribution in [3.05, 3.63) is 29.8 Å². The molecule has 2 rings (SSSR count). The number of hydrogen-bond acceptors (Lipinski definition) is 2.